The fourth-order valence-electron chi connectivity index (χ4n) is 2.15. The summed E-state index contributed by atoms with van der Waals surface area (Å²) in [4.78, 5) is 11.5. The van der Waals surface area contributed by atoms with Gasteiger partial charge in [-0.05, 0) is 51.0 Å². The van der Waals surface area contributed by atoms with Gasteiger partial charge in [-0.1, -0.05) is 37.5 Å². The Balaban J connectivity index is 2.26. The van der Waals surface area contributed by atoms with Crippen molar-refractivity contribution < 1.29 is 4.79 Å². The van der Waals surface area contributed by atoms with Crippen LogP contribution in [0, 0.1) is 0 Å². The van der Waals surface area contributed by atoms with Gasteiger partial charge in [-0.3, -0.25) is 4.79 Å². The third-order valence-electron chi connectivity index (χ3n) is 3.26. The highest BCUT2D eigenvalue weighted by Crippen LogP contribution is 2.10. The van der Waals surface area contributed by atoms with Crippen LogP contribution in [0.4, 0.5) is 0 Å². The van der Waals surface area contributed by atoms with E-state index in [0.717, 1.165) is 19.3 Å². The summed E-state index contributed by atoms with van der Waals surface area (Å²) in [7, 11) is 0. The summed E-state index contributed by atoms with van der Waals surface area (Å²) in [6.07, 6.45) is 21.4. The normalized spacial score (nSPS) is 21.5. The summed E-state index contributed by atoms with van der Waals surface area (Å²) in [5, 5.41) is 0. The van der Waals surface area contributed by atoms with E-state index in [1.807, 2.05) is 0 Å². The molecule has 0 saturated carbocycles. The Bertz CT molecular complexity index is 250. The number of carbonyl (C=O) groups is 1. The molecule has 0 aromatic heterocycles. The molecule has 0 atom stereocenters. The Morgan fingerprint density at radius 2 is 1.18 bits per heavy atom. The molecule has 0 aliphatic heterocycles. The number of rotatable bonds is 0. The molecule has 0 aromatic rings. The van der Waals surface area contributed by atoms with E-state index < -0.39 is 0 Å². The summed E-state index contributed by atoms with van der Waals surface area (Å²) < 4.78 is 0. The Kier molecular flexibility index (Phi) is 8.62. The number of ketones is 1. The average Bonchev–Trinajstić information content (AvgIpc) is 2.32. The second-order valence-electron chi connectivity index (χ2n) is 4.93. The largest absolute Gasteiger partial charge is 0.295 e. The lowest BCUT2D eigenvalue weighted by Gasteiger charge is -2.00. The van der Waals surface area contributed by atoms with Gasteiger partial charge in [0.2, 0.25) is 0 Å². The first-order chi connectivity index (χ1) is 8.39. The summed E-state index contributed by atoms with van der Waals surface area (Å²) in [5.74, 6) is 0.317. The molecule has 0 unspecified atom stereocenters. The first-order valence-electron chi connectivity index (χ1n) is 7.24. The van der Waals surface area contributed by atoms with Gasteiger partial charge in [-0.25, -0.2) is 0 Å². The zero-order chi connectivity index (χ0) is 12.2. The van der Waals surface area contributed by atoms with Gasteiger partial charge in [0, 0.05) is 6.42 Å². The summed E-state index contributed by atoms with van der Waals surface area (Å²) >= 11 is 0. The lowest BCUT2D eigenvalue weighted by Crippen LogP contribution is -1.92. The van der Waals surface area contributed by atoms with Gasteiger partial charge < -0.3 is 0 Å². The fraction of sp³-hybridized carbons (Fsp3) is 0.688. The summed E-state index contributed by atoms with van der Waals surface area (Å²) in [6.45, 7) is 0. The average molecular weight is 234 g/mol. The molecular weight excluding hydrogens is 208 g/mol. The van der Waals surface area contributed by atoms with Crippen LogP contribution in [0.5, 0.6) is 0 Å². The minimum Gasteiger partial charge on any atom is -0.295 e. The predicted molar refractivity (Wildman–Crippen MR) is 74.1 cm³/mol. The highest BCUT2D eigenvalue weighted by Gasteiger charge is 1.97. The maximum absolute atomic E-state index is 11.5. The standard InChI is InChI=1S/C16H26O/c17-16-14-12-10-8-6-4-2-1-3-5-7-9-11-13-15-16/h1-2,12,14H,3-11,13,15H2. The second-order valence-corrected chi connectivity index (χ2v) is 4.93. The van der Waals surface area contributed by atoms with E-state index in [4.69, 9.17) is 0 Å². The third kappa shape index (κ3) is 8.91. The van der Waals surface area contributed by atoms with Crippen LogP contribution < -0.4 is 0 Å². The van der Waals surface area contributed by atoms with Crippen molar-refractivity contribution in [3.8, 4) is 0 Å². The quantitative estimate of drug-likeness (QED) is 0.541. The lowest BCUT2D eigenvalue weighted by molar-refractivity contribution is -0.114. The van der Waals surface area contributed by atoms with Crippen LogP contribution in [0.3, 0.4) is 0 Å². The number of allylic oxidation sites excluding steroid dienone is 4. The highest BCUT2D eigenvalue weighted by molar-refractivity contribution is 5.89. The smallest absolute Gasteiger partial charge is 0.155 e. The Morgan fingerprint density at radius 1 is 0.647 bits per heavy atom. The fourth-order valence-corrected chi connectivity index (χ4v) is 2.15. The monoisotopic (exact) mass is 234 g/mol. The predicted octanol–water partition coefficient (Wildman–Crippen LogP) is 4.97. The molecule has 17 heavy (non-hydrogen) atoms. The molecule has 0 bridgehead atoms. The molecule has 0 radical (unpaired) electrons. The number of hydrogen-bond donors (Lipinski definition) is 0. The van der Waals surface area contributed by atoms with Gasteiger partial charge in [0.25, 0.3) is 0 Å². The van der Waals surface area contributed by atoms with Crippen LogP contribution in [0.1, 0.15) is 70.6 Å². The van der Waals surface area contributed by atoms with Gasteiger partial charge in [0.05, 0.1) is 0 Å². The van der Waals surface area contributed by atoms with Crippen LogP contribution in [0.25, 0.3) is 0 Å². The van der Waals surface area contributed by atoms with E-state index in [1.54, 1.807) is 6.08 Å². The topological polar surface area (TPSA) is 17.1 Å². The van der Waals surface area contributed by atoms with E-state index in [1.165, 1.54) is 51.4 Å². The van der Waals surface area contributed by atoms with E-state index in [9.17, 15) is 4.79 Å². The van der Waals surface area contributed by atoms with Gasteiger partial charge in [-0.2, -0.15) is 0 Å². The van der Waals surface area contributed by atoms with Crippen LogP contribution >= 0.6 is 0 Å². The van der Waals surface area contributed by atoms with Crippen LogP contribution in [-0.2, 0) is 4.79 Å². The molecular formula is C16H26O. The Hall–Kier alpha value is -0.850. The van der Waals surface area contributed by atoms with Gasteiger partial charge in [-0.15, -0.1) is 0 Å². The van der Waals surface area contributed by atoms with E-state index in [-0.39, 0.29) is 0 Å². The molecule has 0 aromatic carbocycles. The third-order valence-corrected chi connectivity index (χ3v) is 3.26. The highest BCUT2D eigenvalue weighted by atomic mass is 16.1. The minimum absolute atomic E-state index is 0.317. The zero-order valence-corrected chi connectivity index (χ0v) is 11.0. The first kappa shape index (κ1) is 14.2. The molecule has 0 N–H and O–H groups in total. The summed E-state index contributed by atoms with van der Waals surface area (Å²) in [6, 6.07) is 0. The van der Waals surface area contributed by atoms with Crippen LogP contribution in [0.15, 0.2) is 24.3 Å². The zero-order valence-electron chi connectivity index (χ0n) is 11.0. The first-order valence-corrected chi connectivity index (χ1v) is 7.24. The second kappa shape index (κ2) is 10.3. The van der Waals surface area contributed by atoms with E-state index in [0.29, 0.717) is 5.78 Å². The van der Waals surface area contributed by atoms with Gasteiger partial charge >= 0.3 is 0 Å². The van der Waals surface area contributed by atoms with Gasteiger partial charge in [0.1, 0.15) is 0 Å². The Labute approximate surface area is 106 Å². The molecule has 1 rings (SSSR count). The molecule has 1 aliphatic carbocycles. The van der Waals surface area contributed by atoms with E-state index >= 15 is 0 Å². The molecule has 0 heterocycles. The van der Waals surface area contributed by atoms with Crippen molar-refractivity contribution in [1.82, 2.24) is 0 Å². The van der Waals surface area contributed by atoms with Crippen molar-refractivity contribution in [2.24, 2.45) is 0 Å². The molecule has 1 heteroatoms. The van der Waals surface area contributed by atoms with Crippen LogP contribution in [-0.4, -0.2) is 5.78 Å². The summed E-state index contributed by atoms with van der Waals surface area (Å²) in [5.41, 5.74) is 0. The minimum atomic E-state index is 0.317. The van der Waals surface area contributed by atoms with Gasteiger partial charge in [0.15, 0.2) is 5.78 Å². The van der Waals surface area contributed by atoms with Crippen molar-refractivity contribution in [3.63, 3.8) is 0 Å². The molecule has 1 aliphatic rings. The molecule has 0 amide bonds. The molecule has 1 nitrogen and oxygen atoms in total. The van der Waals surface area contributed by atoms with Crippen molar-refractivity contribution in [3.05, 3.63) is 24.3 Å². The molecule has 96 valence electrons. The SMILES string of the molecule is O=C1C=CCCCCC=CCCCCCCC1. The number of carbonyl (C=O) groups excluding carboxylic acids is 1. The van der Waals surface area contributed by atoms with Crippen molar-refractivity contribution in [2.45, 2.75) is 70.6 Å². The number of hydrogen-bond acceptors (Lipinski definition) is 1. The lowest BCUT2D eigenvalue weighted by atomic mass is 10.1. The van der Waals surface area contributed by atoms with Crippen LogP contribution in [0.2, 0.25) is 0 Å². The van der Waals surface area contributed by atoms with Crippen molar-refractivity contribution in [2.75, 3.05) is 0 Å². The van der Waals surface area contributed by atoms with Crippen molar-refractivity contribution in [1.29, 1.82) is 0 Å². The molecule has 0 fully saturated rings. The van der Waals surface area contributed by atoms with Crippen molar-refractivity contribution >= 4 is 5.78 Å². The molecule has 0 spiro atoms. The Morgan fingerprint density at radius 3 is 1.94 bits per heavy atom. The maximum atomic E-state index is 11.5. The maximum Gasteiger partial charge on any atom is 0.155 e. The molecule has 0 saturated heterocycles. The van der Waals surface area contributed by atoms with E-state index in [2.05, 4.69) is 18.2 Å².